The van der Waals surface area contributed by atoms with Crippen LogP contribution in [0.3, 0.4) is 0 Å². The van der Waals surface area contributed by atoms with Crippen LogP contribution in [-0.2, 0) is 9.59 Å². The highest BCUT2D eigenvalue weighted by atomic mass is 32.1. The fraction of sp³-hybridized carbons (Fsp3) is 0.280. The monoisotopic (exact) mass is 466 g/mol. The van der Waals surface area contributed by atoms with E-state index in [4.69, 9.17) is 0 Å². The van der Waals surface area contributed by atoms with E-state index in [-0.39, 0.29) is 30.2 Å². The number of thiophene rings is 1. The van der Waals surface area contributed by atoms with Gasteiger partial charge >= 0.3 is 0 Å². The van der Waals surface area contributed by atoms with Crippen LogP contribution in [0.4, 0.5) is 10.1 Å². The van der Waals surface area contributed by atoms with Gasteiger partial charge in [-0.3, -0.25) is 19.4 Å². The lowest BCUT2D eigenvalue weighted by Crippen LogP contribution is -2.51. The van der Waals surface area contributed by atoms with E-state index >= 15 is 0 Å². The summed E-state index contributed by atoms with van der Waals surface area (Å²) in [6.45, 7) is 3.43. The maximum absolute atomic E-state index is 13.0. The number of piperazine rings is 1. The van der Waals surface area contributed by atoms with Gasteiger partial charge in [-0.15, -0.1) is 11.3 Å². The summed E-state index contributed by atoms with van der Waals surface area (Å²) < 4.78 is 13.0. The van der Waals surface area contributed by atoms with Crippen molar-refractivity contribution in [2.75, 3.05) is 44.6 Å². The van der Waals surface area contributed by atoms with Crippen molar-refractivity contribution in [2.24, 2.45) is 0 Å². The van der Waals surface area contributed by atoms with Crippen molar-refractivity contribution in [3.63, 3.8) is 0 Å². The quantitative estimate of drug-likeness (QED) is 0.535. The molecule has 8 heteroatoms. The highest BCUT2D eigenvalue weighted by Crippen LogP contribution is 2.25. The summed E-state index contributed by atoms with van der Waals surface area (Å²) in [5.41, 5.74) is 1.64. The van der Waals surface area contributed by atoms with Crippen molar-refractivity contribution in [2.45, 2.75) is 6.04 Å². The van der Waals surface area contributed by atoms with Gasteiger partial charge in [-0.1, -0.05) is 36.4 Å². The molecule has 0 spiro atoms. The van der Waals surface area contributed by atoms with Gasteiger partial charge in [-0.2, -0.15) is 0 Å². The summed E-state index contributed by atoms with van der Waals surface area (Å²) in [7, 11) is 0. The SMILES string of the molecule is O=C(CN1CCN(CC(=O)NC(c2ccccc2)c2cccs2)CC1)Nc1ccc(F)cc1. The number of halogens is 1. The van der Waals surface area contributed by atoms with E-state index in [1.165, 1.54) is 12.1 Å². The Hall–Kier alpha value is -3.07. The average molecular weight is 467 g/mol. The fourth-order valence-corrected chi connectivity index (χ4v) is 4.67. The number of nitrogens with one attached hydrogen (secondary N) is 2. The normalized spacial score (nSPS) is 15.7. The van der Waals surface area contributed by atoms with Gasteiger partial charge in [0.1, 0.15) is 5.82 Å². The van der Waals surface area contributed by atoms with Gasteiger partial charge in [-0.05, 0) is 41.3 Å². The van der Waals surface area contributed by atoms with Gasteiger partial charge in [0, 0.05) is 36.7 Å². The van der Waals surface area contributed by atoms with Crippen LogP contribution in [0, 0.1) is 5.82 Å². The fourth-order valence-electron chi connectivity index (χ4n) is 3.87. The molecule has 0 bridgehead atoms. The van der Waals surface area contributed by atoms with Crippen LogP contribution in [0.25, 0.3) is 0 Å². The first-order chi connectivity index (χ1) is 16.1. The molecule has 6 nitrogen and oxygen atoms in total. The minimum Gasteiger partial charge on any atom is -0.343 e. The lowest BCUT2D eigenvalue weighted by atomic mass is 10.1. The number of hydrogen-bond donors (Lipinski definition) is 2. The van der Waals surface area contributed by atoms with Crippen LogP contribution < -0.4 is 10.6 Å². The minimum absolute atomic E-state index is 0.0141. The van der Waals surface area contributed by atoms with Crippen molar-refractivity contribution in [1.82, 2.24) is 15.1 Å². The lowest BCUT2D eigenvalue weighted by Gasteiger charge is -2.34. The molecule has 1 atom stereocenters. The first kappa shape index (κ1) is 23.1. The molecule has 33 heavy (non-hydrogen) atoms. The second-order valence-electron chi connectivity index (χ2n) is 8.03. The number of nitrogens with zero attached hydrogens (tertiary/aromatic N) is 2. The molecule has 1 aromatic heterocycles. The number of anilines is 1. The van der Waals surface area contributed by atoms with E-state index in [1.807, 2.05) is 47.8 Å². The standard InChI is InChI=1S/C25H27FN4O2S/c26-20-8-10-21(11-9-20)27-23(31)17-29-12-14-30(15-13-29)18-24(32)28-25(22-7-4-16-33-22)19-5-2-1-3-6-19/h1-11,16,25H,12-15,17-18H2,(H,27,31)(H,28,32). The van der Waals surface area contributed by atoms with Crippen LogP contribution in [0.5, 0.6) is 0 Å². The Kier molecular flexibility index (Phi) is 7.83. The molecule has 1 saturated heterocycles. The maximum atomic E-state index is 13.0. The minimum atomic E-state index is -0.335. The first-order valence-corrected chi connectivity index (χ1v) is 11.8. The Morgan fingerprint density at radius 2 is 1.48 bits per heavy atom. The largest absolute Gasteiger partial charge is 0.343 e. The molecule has 2 amide bonds. The summed E-state index contributed by atoms with van der Waals surface area (Å²) in [4.78, 5) is 30.4. The van der Waals surface area contributed by atoms with E-state index < -0.39 is 0 Å². The van der Waals surface area contributed by atoms with Gasteiger partial charge in [-0.25, -0.2) is 4.39 Å². The van der Waals surface area contributed by atoms with E-state index in [9.17, 15) is 14.0 Å². The number of hydrogen-bond acceptors (Lipinski definition) is 5. The van der Waals surface area contributed by atoms with Crippen molar-refractivity contribution in [1.29, 1.82) is 0 Å². The highest BCUT2D eigenvalue weighted by Gasteiger charge is 2.23. The number of amides is 2. The predicted molar refractivity (Wildman–Crippen MR) is 129 cm³/mol. The molecule has 0 saturated carbocycles. The predicted octanol–water partition coefficient (Wildman–Crippen LogP) is 3.35. The molecule has 1 fully saturated rings. The zero-order valence-corrected chi connectivity index (χ0v) is 19.1. The van der Waals surface area contributed by atoms with Crippen molar-refractivity contribution in [3.8, 4) is 0 Å². The highest BCUT2D eigenvalue weighted by molar-refractivity contribution is 7.10. The Morgan fingerprint density at radius 1 is 0.848 bits per heavy atom. The molecule has 2 heterocycles. The zero-order chi connectivity index (χ0) is 23.0. The van der Waals surface area contributed by atoms with Crippen LogP contribution in [0.2, 0.25) is 0 Å². The Morgan fingerprint density at radius 3 is 2.09 bits per heavy atom. The number of benzene rings is 2. The van der Waals surface area contributed by atoms with Crippen LogP contribution >= 0.6 is 11.3 Å². The van der Waals surface area contributed by atoms with Crippen molar-refractivity contribution in [3.05, 3.63) is 88.4 Å². The molecule has 3 aromatic rings. The summed E-state index contributed by atoms with van der Waals surface area (Å²) in [5, 5.41) is 7.99. The third kappa shape index (κ3) is 6.71. The van der Waals surface area contributed by atoms with Crippen molar-refractivity contribution < 1.29 is 14.0 Å². The smallest absolute Gasteiger partial charge is 0.238 e. The summed E-state index contributed by atoms with van der Waals surface area (Å²) in [6.07, 6.45) is 0. The second kappa shape index (κ2) is 11.2. The van der Waals surface area contributed by atoms with E-state index in [0.717, 1.165) is 10.4 Å². The Balaban J connectivity index is 1.24. The van der Waals surface area contributed by atoms with Crippen LogP contribution in [0.1, 0.15) is 16.5 Å². The maximum Gasteiger partial charge on any atom is 0.238 e. The molecule has 4 rings (SSSR count). The molecular weight excluding hydrogens is 439 g/mol. The molecule has 0 radical (unpaired) electrons. The van der Waals surface area contributed by atoms with Gasteiger partial charge in [0.2, 0.25) is 11.8 Å². The second-order valence-corrected chi connectivity index (χ2v) is 9.01. The van der Waals surface area contributed by atoms with Gasteiger partial charge in [0.25, 0.3) is 0 Å². The van der Waals surface area contributed by atoms with Gasteiger partial charge < -0.3 is 10.6 Å². The number of rotatable bonds is 8. The first-order valence-electron chi connectivity index (χ1n) is 10.9. The molecule has 0 aliphatic carbocycles. The zero-order valence-electron chi connectivity index (χ0n) is 18.2. The Bertz CT molecular complexity index is 1040. The number of carbonyl (C=O) groups is 2. The topological polar surface area (TPSA) is 64.7 Å². The van der Waals surface area contributed by atoms with E-state index in [1.54, 1.807) is 23.5 Å². The van der Waals surface area contributed by atoms with Crippen molar-refractivity contribution >= 4 is 28.8 Å². The molecule has 1 unspecified atom stereocenters. The lowest BCUT2D eigenvalue weighted by molar-refractivity contribution is -0.124. The molecule has 1 aliphatic heterocycles. The summed E-state index contributed by atoms with van der Waals surface area (Å²) >= 11 is 1.63. The number of carbonyl (C=O) groups excluding carboxylic acids is 2. The molecule has 2 N–H and O–H groups in total. The van der Waals surface area contributed by atoms with Crippen LogP contribution in [0.15, 0.2) is 72.1 Å². The van der Waals surface area contributed by atoms with E-state index in [0.29, 0.717) is 38.4 Å². The molecule has 172 valence electrons. The summed E-state index contributed by atoms with van der Waals surface area (Å²) in [5.74, 6) is -0.479. The van der Waals surface area contributed by atoms with Gasteiger partial charge in [0.15, 0.2) is 0 Å². The average Bonchev–Trinajstić information content (AvgIpc) is 3.35. The third-order valence-corrected chi connectivity index (χ3v) is 6.53. The molecule has 2 aromatic carbocycles. The third-order valence-electron chi connectivity index (χ3n) is 5.59. The molecular formula is C25H27FN4O2S. The van der Waals surface area contributed by atoms with Crippen LogP contribution in [-0.4, -0.2) is 60.9 Å². The Labute approximate surface area is 197 Å². The van der Waals surface area contributed by atoms with E-state index in [2.05, 4.69) is 20.4 Å². The van der Waals surface area contributed by atoms with Gasteiger partial charge in [0.05, 0.1) is 19.1 Å². The molecule has 1 aliphatic rings. The summed E-state index contributed by atoms with van der Waals surface area (Å²) in [6, 6.07) is 19.6.